The van der Waals surface area contributed by atoms with E-state index in [2.05, 4.69) is 17.0 Å². The minimum Gasteiger partial charge on any atom is -0.462 e. The van der Waals surface area contributed by atoms with Gasteiger partial charge >= 0.3 is 5.97 Å². The maximum Gasteiger partial charge on any atom is 0.341 e. The number of ether oxygens (including phenoxy) is 1. The van der Waals surface area contributed by atoms with Crippen molar-refractivity contribution in [3.8, 4) is 0 Å². The van der Waals surface area contributed by atoms with Gasteiger partial charge in [-0.05, 0) is 19.8 Å². The van der Waals surface area contributed by atoms with E-state index in [1.54, 1.807) is 29.1 Å². The van der Waals surface area contributed by atoms with Gasteiger partial charge < -0.3 is 4.74 Å². The van der Waals surface area contributed by atoms with Gasteiger partial charge in [-0.25, -0.2) is 9.78 Å². The summed E-state index contributed by atoms with van der Waals surface area (Å²) in [7, 11) is 0. The third kappa shape index (κ3) is 3.64. The van der Waals surface area contributed by atoms with Crippen molar-refractivity contribution < 1.29 is 9.53 Å². The summed E-state index contributed by atoms with van der Waals surface area (Å²) in [6, 6.07) is 0. The Hall–Kier alpha value is -1.69. The number of aromatic nitrogens is 3. The molecule has 0 unspecified atom stereocenters. The lowest BCUT2D eigenvalue weighted by molar-refractivity contribution is 0.0526. The van der Waals surface area contributed by atoms with Gasteiger partial charge in [-0.15, -0.1) is 11.3 Å². The Morgan fingerprint density at radius 1 is 1.47 bits per heavy atom. The number of rotatable bonds is 6. The molecule has 2 aromatic heterocycles. The van der Waals surface area contributed by atoms with E-state index in [9.17, 15) is 4.79 Å². The summed E-state index contributed by atoms with van der Waals surface area (Å²) in [5.74, 6) is -0.335. The van der Waals surface area contributed by atoms with Crippen molar-refractivity contribution in [2.24, 2.45) is 0 Å². The first kappa shape index (κ1) is 13.7. The van der Waals surface area contributed by atoms with Gasteiger partial charge in [0, 0.05) is 11.6 Å². The second kappa shape index (κ2) is 6.47. The Balaban J connectivity index is 2.00. The normalized spacial score (nSPS) is 10.6. The van der Waals surface area contributed by atoms with Crippen LogP contribution in [0.15, 0.2) is 17.8 Å². The molecule has 6 heteroatoms. The van der Waals surface area contributed by atoms with Crippen LogP contribution >= 0.6 is 11.3 Å². The molecule has 2 heterocycles. The maximum atomic E-state index is 11.5. The summed E-state index contributed by atoms with van der Waals surface area (Å²) in [5.41, 5.74) is 1.46. The molecule has 0 aliphatic carbocycles. The third-order valence-corrected chi connectivity index (χ3v) is 3.49. The van der Waals surface area contributed by atoms with Gasteiger partial charge in [-0.3, -0.25) is 4.68 Å². The van der Waals surface area contributed by atoms with Crippen molar-refractivity contribution >= 4 is 17.3 Å². The molecule has 0 saturated heterocycles. The molecule has 2 aromatic rings. The highest BCUT2D eigenvalue weighted by Gasteiger charge is 2.10. The third-order valence-electron chi connectivity index (χ3n) is 2.53. The standard InChI is InChI=1S/C13H17N3O2S/c1-3-5-12-15-11(9-19-12)8-16-7-10(6-14-16)13(17)18-4-2/h6-7,9H,3-5,8H2,1-2H3. The summed E-state index contributed by atoms with van der Waals surface area (Å²) in [4.78, 5) is 16.0. The monoisotopic (exact) mass is 279 g/mol. The molecule has 0 fully saturated rings. The van der Waals surface area contributed by atoms with Crippen molar-refractivity contribution in [2.45, 2.75) is 33.2 Å². The Bertz CT molecular complexity index is 548. The van der Waals surface area contributed by atoms with Crippen LogP contribution in [0.5, 0.6) is 0 Å². The van der Waals surface area contributed by atoms with Gasteiger partial charge in [0.05, 0.1) is 35.6 Å². The van der Waals surface area contributed by atoms with Gasteiger partial charge in [-0.2, -0.15) is 5.10 Å². The molecular weight excluding hydrogens is 262 g/mol. The van der Waals surface area contributed by atoms with Crippen molar-refractivity contribution in [1.29, 1.82) is 0 Å². The molecule has 0 amide bonds. The maximum absolute atomic E-state index is 11.5. The van der Waals surface area contributed by atoms with E-state index in [1.165, 1.54) is 6.20 Å². The van der Waals surface area contributed by atoms with Crippen molar-refractivity contribution in [1.82, 2.24) is 14.8 Å². The summed E-state index contributed by atoms with van der Waals surface area (Å²) < 4.78 is 6.63. The van der Waals surface area contributed by atoms with Crippen LogP contribution in [0.2, 0.25) is 0 Å². The van der Waals surface area contributed by atoms with E-state index >= 15 is 0 Å². The highest BCUT2D eigenvalue weighted by Crippen LogP contribution is 2.13. The number of nitrogens with zero attached hydrogens (tertiary/aromatic N) is 3. The average molecular weight is 279 g/mol. The van der Waals surface area contributed by atoms with Crippen molar-refractivity contribution in [3.05, 3.63) is 34.0 Å². The number of carbonyl (C=O) groups excluding carboxylic acids is 1. The lowest BCUT2D eigenvalue weighted by Gasteiger charge is -1.98. The second-order valence-corrected chi connectivity index (χ2v) is 5.07. The molecule has 5 nitrogen and oxygen atoms in total. The SMILES string of the molecule is CCCc1nc(Cn2cc(C(=O)OCC)cn2)cs1. The molecule has 0 aromatic carbocycles. The van der Waals surface area contributed by atoms with Crippen LogP contribution in [0, 0.1) is 0 Å². The van der Waals surface area contributed by atoms with Crippen LogP contribution in [0.25, 0.3) is 0 Å². The predicted octanol–water partition coefficient (Wildman–Crippen LogP) is 2.52. The largest absolute Gasteiger partial charge is 0.462 e. The van der Waals surface area contributed by atoms with Gasteiger partial charge in [0.25, 0.3) is 0 Å². The van der Waals surface area contributed by atoms with Crippen molar-refractivity contribution in [2.75, 3.05) is 6.61 Å². The number of hydrogen-bond acceptors (Lipinski definition) is 5. The van der Waals surface area contributed by atoms with Crippen molar-refractivity contribution in [3.63, 3.8) is 0 Å². The summed E-state index contributed by atoms with van der Waals surface area (Å²) in [6.45, 7) is 4.88. The van der Waals surface area contributed by atoms with E-state index < -0.39 is 0 Å². The number of esters is 1. The highest BCUT2D eigenvalue weighted by atomic mass is 32.1. The Morgan fingerprint density at radius 3 is 3.05 bits per heavy atom. The fourth-order valence-corrected chi connectivity index (χ4v) is 2.58. The molecule has 0 aliphatic heterocycles. The van der Waals surface area contributed by atoms with Gasteiger partial charge in [-0.1, -0.05) is 6.92 Å². The fraction of sp³-hybridized carbons (Fsp3) is 0.462. The molecule has 19 heavy (non-hydrogen) atoms. The molecule has 0 atom stereocenters. The van der Waals surface area contributed by atoms with Crippen LogP contribution in [-0.2, 0) is 17.7 Å². The van der Waals surface area contributed by atoms with E-state index in [1.807, 2.05) is 5.38 Å². The number of thiazole rings is 1. The quantitative estimate of drug-likeness (QED) is 0.762. The van der Waals surface area contributed by atoms with Crippen LogP contribution in [0.3, 0.4) is 0 Å². The topological polar surface area (TPSA) is 57.0 Å². The molecule has 0 bridgehead atoms. The molecule has 0 spiro atoms. The zero-order chi connectivity index (χ0) is 13.7. The second-order valence-electron chi connectivity index (χ2n) is 4.13. The zero-order valence-corrected chi connectivity index (χ0v) is 11.9. The van der Waals surface area contributed by atoms with Gasteiger partial charge in [0.1, 0.15) is 0 Å². The highest BCUT2D eigenvalue weighted by molar-refractivity contribution is 7.09. The number of carbonyl (C=O) groups is 1. The number of aryl methyl sites for hydroxylation is 1. The zero-order valence-electron chi connectivity index (χ0n) is 11.1. The Kier molecular flexibility index (Phi) is 4.68. The average Bonchev–Trinajstić information content (AvgIpc) is 3.00. The van der Waals surface area contributed by atoms with E-state index in [4.69, 9.17) is 4.74 Å². The molecule has 2 rings (SSSR count). The number of hydrogen-bond donors (Lipinski definition) is 0. The smallest absolute Gasteiger partial charge is 0.341 e. The Labute approximate surface area is 116 Å². The predicted molar refractivity (Wildman–Crippen MR) is 73.4 cm³/mol. The van der Waals surface area contributed by atoms with Crippen LogP contribution in [0.4, 0.5) is 0 Å². The first-order chi connectivity index (χ1) is 9.22. The van der Waals surface area contributed by atoms with E-state index in [0.29, 0.717) is 18.7 Å². The molecule has 0 radical (unpaired) electrons. The summed E-state index contributed by atoms with van der Waals surface area (Å²) in [5, 5.41) is 7.34. The lowest BCUT2D eigenvalue weighted by Crippen LogP contribution is -2.04. The lowest BCUT2D eigenvalue weighted by atomic mass is 10.3. The van der Waals surface area contributed by atoms with Gasteiger partial charge in [0.2, 0.25) is 0 Å². The van der Waals surface area contributed by atoms with E-state index in [0.717, 1.165) is 23.5 Å². The van der Waals surface area contributed by atoms with Crippen LogP contribution in [-0.4, -0.2) is 27.3 Å². The molecule has 0 N–H and O–H groups in total. The molecule has 0 aliphatic rings. The minimum absolute atomic E-state index is 0.335. The summed E-state index contributed by atoms with van der Waals surface area (Å²) in [6.07, 6.45) is 5.33. The molecular formula is C13H17N3O2S. The molecule has 102 valence electrons. The van der Waals surface area contributed by atoms with E-state index in [-0.39, 0.29) is 5.97 Å². The van der Waals surface area contributed by atoms with Crippen LogP contribution < -0.4 is 0 Å². The first-order valence-electron chi connectivity index (χ1n) is 6.35. The fourth-order valence-electron chi connectivity index (χ4n) is 1.69. The van der Waals surface area contributed by atoms with Gasteiger partial charge in [0.15, 0.2) is 0 Å². The summed E-state index contributed by atoms with van der Waals surface area (Å²) >= 11 is 1.67. The Morgan fingerprint density at radius 2 is 2.32 bits per heavy atom. The van der Waals surface area contributed by atoms with Crippen LogP contribution in [0.1, 0.15) is 41.3 Å². The first-order valence-corrected chi connectivity index (χ1v) is 7.23. The minimum atomic E-state index is -0.335. The molecule has 0 saturated carbocycles.